The molecule has 2 rings (SSSR count). The predicted octanol–water partition coefficient (Wildman–Crippen LogP) is 1.73. The van der Waals surface area contributed by atoms with Crippen molar-refractivity contribution in [3.05, 3.63) is 29.3 Å². The zero-order valence-electron chi connectivity index (χ0n) is 8.12. The van der Waals surface area contributed by atoms with Gasteiger partial charge < -0.3 is 10.0 Å². The number of hydrogen-bond donors (Lipinski definition) is 1. The van der Waals surface area contributed by atoms with Crippen LogP contribution >= 0.6 is 0 Å². The highest BCUT2D eigenvalue weighted by Gasteiger charge is 2.16. The summed E-state index contributed by atoms with van der Waals surface area (Å²) in [7, 11) is 2.09. The van der Waals surface area contributed by atoms with Crippen molar-refractivity contribution in [2.45, 2.75) is 19.4 Å². The van der Waals surface area contributed by atoms with Crippen LogP contribution in [0, 0.1) is 0 Å². The van der Waals surface area contributed by atoms with Crippen LogP contribution < -0.4 is 4.90 Å². The maximum Gasteiger partial charge on any atom is 0.0762 e. The summed E-state index contributed by atoms with van der Waals surface area (Å²) in [5, 5.41) is 9.42. The van der Waals surface area contributed by atoms with E-state index in [4.69, 9.17) is 0 Å². The summed E-state index contributed by atoms with van der Waals surface area (Å²) >= 11 is 0. The van der Waals surface area contributed by atoms with Gasteiger partial charge in [-0.25, -0.2) is 0 Å². The Bertz CT molecular complexity index is 320. The second-order valence-electron chi connectivity index (χ2n) is 3.74. The number of fused-ring (bicyclic) bond motifs is 1. The Balaban J connectivity index is 2.42. The van der Waals surface area contributed by atoms with E-state index < -0.39 is 0 Å². The maximum atomic E-state index is 9.42. The fourth-order valence-corrected chi connectivity index (χ4v) is 1.82. The molecule has 0 aliphatic carbocycles. The van der Waals surface area contributed by atoms with Gasteiger partial charge in [-0.1, -0.05) is 12.1 Å². The molecule has 0 fully saturated rings. The van der Waals surface area contributed by atoms with E-state index in [2.05, 4.69) is 24.1 Å². The highest BCUT2D eigenvalue weighted by atomic mass is 16.3. The highest BCUT2D eigenvalue weighted by molar-refractivity contribution is 5.59. The number of anilines is 1. The fraction of sp³-hybridized carbons (Fsp3) is 0.455. The van der Waals surface area contributed by atoms with Gasteiger partial charge in [0.2, 0.25) is 0 Å². The van der Waals surface area contributed by atoms with E-state index in [1.165, 1.54) is 11.3 Å². The Morgan fingerprint density at radius 3 is 2.92 bits per heavy atom. The Labute approximate surface area is 78.8 Å². The molecule has 1 aliphatic rings. The van der Waals surface area contributed by atoms with Gasteiger partial charge in [-0.15, -0.1) is 0 Å². The molecule has 0 saturated heterocycles. The van der Waals surface area contributed by atoms with Gasteiger partial charge in [-0.2, -0.15) is 0 Å². The topological polar surface area (TPSA) is 23.5 Å². The summed E-state index contributed by atoms with van der Waals surface area (Å²) in [5.74, 6) is 0. The molecule has 13 heavy (non-hydrogen) atoms. The van der Waals surface area contributed by atoms with Crippen LogP contribution in [-0.2, 0) is 6.42 Å². The van der Waals surface area contributed by atoms with E-state index in [0.29, 0.717) is 0 Å². The van der Waals surface area contributed by atoms with Crippen LogP contribution in [0.15, 0.2) is 18.2 Å². The lowest BCUT2D eigenvalue weighted by molar-refractivity contribution is 0.199. The number of aliphatic hydroxyl groups is 1. The zero-order valence-corrected chi connectivity index (χ0v) is 8.12. The second-order valence-corrected chi connectivity index (χ2v) is 3.74. The molecule has 0 bridgehead atoms. The third-order valence-electron chi connectivity index (χ3n) is 2.72. The van der Waals surface area contributed by atoms with E-state index in [9.17, 15) is 5.11 Å². The molecule has 0 amide bonds. The molecule has 2 nitrogen and oxygen atoms in total. The van der Waals surface area contributed by atoms with Crippen molar-refractivity contribution in [2.24, 2.45) is 0 Å². The van der Waals surface area contributed by atoms with Crippen LogP contribution in [-0.4, -0.2) is 18.7 Å². The van der Waals surface area contributed by atoms with Crippen molar-refractivity contribution < 1.29 is 5.11 Å². The van der Waals surface area contributed by atoms with E-state index in [-0.39, 0.29) is 6.10 Å². The number of benzene rings is 1. The minimum atomic E-state index is -0.362. The van der Waals surface area contributed by atoms with Crippen LogP contribution in [0.4, 0.5) is 5.69 Å². The smallest absolute Gasteiger partial charge is 0.0762 e. The van der Waals surface area contributed by atoms with Gasteiger partial charge in [0.1, 0.15) is 0 Å². The van der Waals surface area contributed by atoms with Gasteiger partial charge in [-0.05, 0) is 30.5 Å². The van der Waals surface area contributed by atoms with E-state index >= 15 is 0 Å². The van der Waals surface area contributed by atoms with Crippen LogP contribution in [0.3, 0.4) is 0 Å². The Hall–Kier alpha value is -1.02. The lowest BCUT2D eigenvalue weighted by Crippen LogP contribution is -2.12. The monoisotopic (exact) mass is 177 g/mol. The molecule has 2 heteroatoms. The largest absolute Gasteiger partial charge is 0.389 e. The molecule has 1 aliphatic heterocycles. The van der Waals surface area contributed by atoms with Crippen molar-refractivity contribution >= 4 is 5.69 Å². The highest BCUT2D eigenvalue weighted by Crippen LogP contribution is 2.29. The number of aliphatic hydroxyl groups excluding tert-OH is 1. The summed E-state index contributed by atoms with van der Waals surface area (Å²) in [6.07, 6.45) is 0.769. The number of rotatable bonds is 1. The zero-order chi connectivity index (χ0) is 9.42. The van der Waals surface area contributed by atoms with Crippen LogP contribution in [0.25, 0.3) is 0 Å². The van der Waals surface area contributed by atoms with Crippen molar-refractivity contribution in [1.82, 2.24) is 0 Å². The summed E-state index contributed by atoms with van der Waals surface area (Å²) in [5.41, 5.74) is 3.68. The van der Waals surface area contributed by atoms with Gasteiger partial charge in [-0.3, -0.25) is 0 Å². The van der Waals surface area contributed by atoms with Gasteiger partial charge >= 0.3 is 0 Å². The lowest BCUT2D eigenvalue weighted by atomic mass is 10.1. The standard InChI is InChI=1S/C11H15NO/c1-8(13)10-4-3-9-5-6-12(2)11(9)7-10/h3-4,7-8,13H,5-6H2,1-2H3. The summed E-state index contributed by atoms with van der Waals surface area (Å²) in [6, 6.07) is 6.23. The lowest BCUT2D eigenvalue weighted by Gasteiger charge is -2.13. The molecule has 0 aromatic heterocycles. The molecule has 1 aromatic carbocycles. The molecule has 1 N–H and O–H groups in total. The van der Waals surface area contributed by atoms with E-state index in [1.54, 1.807) is 6.92 Å². The van der Waals surface area contributed by atoms with Gasteiger partial charge in [0.15, 0.2) is 0 Å². The molecule has 0 spiro atoms. The summed E-state index contributed by atoms with van der Waals surface area (Å²) in [6.45, 7) is 2.90. The fourth-order valence-electron chi connectivity index (χ4n) is 1.82. The molecule has 1 unspecified atom stereocenters. The number of likely N-dealkylation sites (N-methyl/N-ethyl adjacent to an activating group) is 1. The van der Waals surface area contributed by atoms with E-state index in [0.717, 1.165) is 18.5 Å². The first-order chi connectivity index (χ1) is 6.18. The van der Waals surface area contributed by atoms with Crippen LogP contribution in [0.1, 0.15) is 24.2 Å². The quantitative estimate of drug-likeness (QED) is 0.706. The normalized spacial score (nSPS) is 17.3. The summed E-state index contributed by atoms with van der Waals surface area (Å²) in [4.78, 5) is 2.24. The Kier molecular flexibility index (Phi) is 2.00. The molecule has 0 radical (unpaired) electrons. The Morgan fingerprint density at radius 1 is 1.46 bits per heavy atom. The first-order valence-corrected chi connectivity index (χ1v) is 4.70. The van der Waals surface area contributed by atoms with Gasteiger partial charge in [0.05, 0.1) is 6.10 Å². The van der Waals surface area contributed by atoms with Crippen LogP contribution in [0.5, 0.6) is 0 Å². The Morgan fingerprint density at radius 2 is 2.23 bits per heavy atom. The molecule has 1 aromatic rings. The average Bonchev–Trinajstić information content (AvgIpc) is 2.47. The first kappa shape index (κ1) is 8.57. The molecule has 1 heterocycles. The van der Waals surface area contributed by atoms with Crippen molar-refractivity contribution in [2.75, 3.05) is 18.5 Å². The summed E-state index contributed by atoms with van der Waals surface area (Å²) < 4.78 is 0. The molecular formula is C11H15NO. The third kappa shape index (κ3) is 1.42. The second kappa shape index (κ2) is 3.04. The average molecular weight is 177 g/mol. The van der Waals surface area contributed by atoms with Crippen LogP contribution in [0.2, 0.25) is 0 Å². The first-order valence-electron chi connectivity index (χ1n) is 4.70. The molecule has 70 valence electrons. The van der Waals surface area contributed by atoms with Gasteiger partial charge in [0, 0.05) is 19.3 Å². The maximum absolute atomic E-state index is 9.42. The molecule has 1 atom stereocenters. The van der Waals surface area contributed by atoms with Gasteiger partial charge in [0.25, 0.3) is 0 Å². The molecule has 0 saturated carbocycles. The third-order valence-corrected chi connectivity index (χ3v) is 2.72. The SMILES string of the molecule is CC(O)c1ccc2c(c1)N(C)CC2. The van der Waals surface area contributed by atoms with Crippen molar-refractivity contribution in [3.8, 4) is 0 Å². The van der Waals surface area contributed by atoms with E-state index in [1.807, 2.05) is 6.07 Å². The number of hydrogen-bond acceptors (Lipinski definition) is 2. The minimum Gasteiger partial charge on any atom is -0.389 e. The minimum absolute atomic E-state index is 0.362. The molecular weight excluding hydrogens is 162 g/mol. The van der Waals surface area contributed by atoms with Crippen molar-refractivity contribution in [3.63, 3.8) is 0 Å². The predicted molar refractivity (Wildman–Crippen MR) is 54.0 cm³/mol. The van der Waals surface area contributed by atoms with Crippen molar-refractivity contribution in [1.29, 1.82) is 0 Å². The number of nitrogens with zero attached hydrogens (tertiary/aromatic N) is 1.